The smallest absolute Gasteiger partial charge is 0.0881 e. The summed E-state index contributed by atoms with van der Waals surface area (Å²) in [7, 11) is 1.88. The van der Waals surface area contributed by atoms with E-state index in [0.29, 0.717) is 6.04 Å². The number of halogens is 1. The van der Waals surface area contributed by atoms with Crippen LogP contribution in [0.25, 0.3) is 0 Å². The number of ether oxygens (including phenoxy) is 1. The molecule has 1 aliphatic rings. The first kappa shape index (κ1) is 15.5. The van der Waals surface area contributed by atoms with Crippen LogP contribution in [0.3, 0.4) is 0 Å². The summed E-state index contributed by atoms with van der Waals surface area (Å²) in [6, 6.07) is 2.43. The summed E-state index contributed by atoms with van der Waals surface area (Å²) >= 11 is 5.50. The molecule has 0 aromatic carbocycles. The molecule has 0 radical (unpaired) electrons. The normalized spacial score (nSPS) is 29.4. The topological polar surface area (TPSA) is 21.3 Å². The molecule has 2 rings (SSSR count). The van der Waals surface area contributed by atoms with Crippen LogP contribution in [0.4, 0.5) is 0 Å². The Morgan fingerprint density at radius 3 is 2.68 bits per heavy atom. The van der Waals surface area contributed by atoms with Gasteiger partial charge < -0.3 is 10.1 Å². The second kappa shape index (κ2) is 6.70. The van der Waals surface area contributed by atoms with Gasteiger partial charge in [-0.05, 0) is 65.5 Å². The van der Waals surface area contributed by atoms with E-state index in [1.54, 1.807) is 0 Å². The first-order valence-electron chi connectivity index (χ1n) is 7.14. The van der Waals surface area contributed by atoms with Crippen LogP contribution < -0.4 is 5.32 Å². The fourth-order valence-corrected chi connectivity index (χ4v) is 4.88. The van der Waals surface area contributed by atoms with Gasteiger partial charge in [0, 0.05) is 16.5 Å². The number of rotatable bonds is 5. The monoisotopic (exact) mass is 345 g/mol. The Bertz CT molecular complexity index is 399. The van der Waals surface area contributed by atoms with E-state index in [1.165, 1.54) is 22.2 Å². The molecule has 0 bridgehead atoms. The van der Waals surface area contributed by atoms with Gasteiger partial charge in [0.05, 0.1) is 11.6 Å². The second-order valence-corrected chi connectivity index (χ2v) is 7.38. The van der Waals surface area contributed by atoms with Gasteiger partial charge >= 0.3 is 0 Å². The van der Waals surface area contributed by atoms with Crippen molar-refractivity contribution in [2.75, 3.05) is 13.7 Å². The third-order valence-electron chi connectivity index (χ3n) is 4.37. The summed E-state index contributed by atoms with van der Waals surface area (Å²) in [6.45, 7) is 5.49. The number of hydrogen-bond acceptors (Lipinski definition) is 3. The number of methoxy groups -OCH3 is 1. The Kier molecular flexibility index (Phi) is 5.46. The van der Waals surface area contributed by atoms with Crippen LogP contribution in [0.1, 0.15) is 50.4 Å². The molecule has 1 atom stereocenters. The van der Waals surface area contributed by atoms with E-state index in [2.05, 4.69) is 46.5 Å². The molecule has 1 aromatic rings. The lowest BCUT2D eigenvalue weighted by atomic mass is 9.75. The summed E-state index contributed by atoms with van der Waals surface area (Å²) in [5.41, 5.74) is -0.0457. The molecule has 0 saturated heterocycles. The van der Waals surface area contributed by atoms with Gasteiger partial charge in [-0.15, -0.1) is 11.3 Å². The Morgan fingerprint density at radius 2 is 2.21 bits per heavy atom. The van der Waals surface area contributed by atoms with E-state index >= 15 is 0 Å². The van der Waals surface area contributed by atoms with Crippen LogP contribution in [-0.2, 0) is 4.74 Å². The predicted octanol–water partition coefficient (Wildman–Crippen LogP) is 4.76. The van der Waals surface area contributed by atoms with Crippen molar-refractivity contribution in [1.82, 2.24) is 5.32 Å². The number of nitrogens with one attached hydrogen (secondary N) is 1. The minimum atomic E-state index is -0.0457. The summed E-state index contributed by atoms with van der Waals surface area (Å²) in [5.74, 6) is 0.831. The van der Waals surface area contributed by atoms with Gasteiger partial charge in [-0.3, -0.25) is 0 Å². The molecule has 0 spiro atoms. The molecule has 0 aliphatic heterocycles. The van der Waals surface area contributed by atoms with Gasteiger partial charge in [0.25, 0.3) is 0 Å². The maximum Gasteiger partial charge on any atom is 0.0881 e. The summed E-state index contributed by atoms with van der Waals surface area (Å²) in [6.07, 6.45) is 4.82. The lowest BCUT2D eigenvalue weighted by Crippen LogP contribution is -2.47. The zero-order chi connectivity index (χ0) is 13.9. The quantitative estimate of drug-likeness (QED) is 0.830. The van der Waals surface area contributed by atoms with Gasteiger partial charge in [0.2, 0.25) is 0 Å². The highest BCUT2D eigenvalue weighted by molar-refractivity contribution is 9.10. The van der Waals surface area contributed by atoms with E-state index in [0.717, 1.165) is 25.3 Å². The zero-order valence-electron chi connectivity index (χ0n) is 12.0. The average molecular weight is 346 g/mol. The van der Waals surface area contributed by atoms with Crippen LogP contribution in [0.15, 0.2) is 15.9 Å². The van der Waals surface area contributed by atoms with Gasteiger partial charge in [0.15, 0.2) is 0 Å². The zero-order valence-corrected chi connectivity index (χ0v) is 14.4. The largest absolute Gasteiger partial charge is 0.376 e. The molecule has 1 aliphatic carbocycles. The maximum absolute atomic E-state index is 6.04. The van der Waals surface area contributed by atoms with E-state index in [-0.39, 0.29) is 5.60 Å². The lowest BCUT2D eigenvalue weighted by Gasteiger charge is -2.44. The first-order valence-corrected chi connectivity index (χ1v) is 8.81. The van der Waals surface area contributed by atoms with Crippen molar-refractivity contribution in [3.63, 3.8) is 0 Å². The Morgan fingerprint density at radius 1 is 1.53 bits per heavy atom. The number of thiophene rings is 1. The minimum Gasteiger partial charge on any atom is -0.376 e. The van der Waals surface area contributed by atoms with Gasteiger partial charge in [-0.25, -0.2) is 0 Å². The summed E-state index contributed by atoms with van der Waals surface area (Å²) in [5, 5.41) is 5.81. The lowest BCUT2D eigenvalue weighted by molar-refractivity contribution is -0.0750. The van der Waals surface area contributed by atoms with E-state index in [9.17, 15) is 0 Å². The van der Waals surface area contributed by atoms with Crippen molar-refractivity contribution in [3.05, 3.63) is 20.8 Å². The summed E-state index contributed by atoms with van der Waals surface area (Å²) in [4.78, 5) is 1.37. The molecule has 0 amide bonds. The van der Waals surface area contributed by atoms with Crippen LogP contribution in [0, 0.1) is 5.92 Å². The fraction of sp³-hybridized carbons (Fsp3) is 0.733. The Hall–Kier alpha value is 0.1000. The molecular weight excluding hydrogens is 322 g/mol. The average Bonchev–Trinajstić information content (AvgIpc) is 2.84. The molecule has 2 nitrogen and oxygen atoms in total. The maximum atomic E-state index is 6.04. The highest BCUT2D eigenvalue weighted by Crippen LogP contribution is 2.45. The molecule has 1 heterocycles. The SMILES string of the molecule is CCNC(c1sccc1Br)C1(OC)CCC(C)CC1. The van der Waals surface area contributed by atoms with E-state index in [1.807, 2.05) is 18.4 Å². The van der Waals surface area contributed by atoms with Gasteiger partial charge in [0.1, 0.15) is 0 Å². The predicted molar refractivity (Wildman–Crippen MR) is 85.8 cm³/mol. The first-order chi connectivity index (χ1) is 9.13. The third-order valence-corrected chi connectivity index (χ3v) is 6.30. The van der Waals surface area contributed by atoms with E-state index in [4.69, 9.17) is 4.74 Å². The fourth-order valence-electron chi connectivity index (χ4n) is 3.09. The molecule has 1 aromatic heterocycles. The molecule has 1 fully saturated rings. The second-order valence-electron chi connectivity index (χ2n) is 5.57. The molecule has 108 valence electrons. The van der Waals surface area contributed by atoms with Gasteiger partial charge in [-0.2, -0.15) is 0 Å². The molecule has 1 unspecified atom stereocenters. The highest BCUT2D eigenvalue weighted by atomic mass is 79.9. The van der Waals surface area contributed by atoms with Crippen molar-refractivity contribution in [2.45, 2.75) is 51.2 Å². The number of likely N-dealkylation sites (N-methyl/N-ethyl adjacent to an activating group) is 1. The standard InChI is InChI=1S/C15H24BrNOS/c1-4-17-14(13-12(16)7-10-19-13)15(18-3)8-5-11(2)6-9-15/h7,10-11,14,17H,4-6,8-9H2,1-3H3. The van der Waals surface area contributed by atoms with Crippen molar-refractivity contribution < 1.29 is 4.74 Å². The van der Waals surface area contributed by atoms with Crippen LogP contribution in [-0.4, -0.2) is 19.3 Å². The van der Waals surface area contributed by atoms with Gasteiger partial charge in [-0.1, -0.05) is 13.8 Å². The molecule has 4 heteroatoms. The Balaban J connectivity index is 2.28. The van der Waals surface area contributed by atoms with E-state index < -0.39 is 0 Å². The Labute approximate surface area is 129 Å². The molecule has 1 N–H and O–H groups in total. The van der Waals surface area contributed by atoms with Crippen molar-refractivity contribution in [2.24, 2.45) is 5.92 Å². The van der Waals surface area contributed by atoms with Crippen molar-refractivity contribution in [3.8, 4) is 0 Å². The van der Waals surface area contributed by atoms with Crippen LogP contribution in [0.5, 0.6) is 0 Å². The summed E-state index contributed by atoms with van der Waals surface area (Å²) < 4.78 is 7.25. The minimum absolute atomic E-state index is 0.0457. The third kappa shape index (κ3) is 3.23. The van der Waals surface area contributed by atoms with Crippen LogP contribution >= 0.6 is 27.3 Å². The van der Waals surface area contributed by atoms with Crippen molar-refractivity contribution in [1.29, 1.82) is 0 Å². The molecule has 19 heavy (non-hydrogen) atoms. The number of hydrogen-bond donors (Lipinski definition) is 1. The van der Waals surface area contributed by atoms with Crippen molar-refractivity contribution >= 4 is 27.3 Å². The molecular formula is C15H24BrNOS. The molecule has 1 saturated carbocycles. The highest BCUT2D eigenvalue weighted by Gasteiger charge is 2.43. The van der Waals surface area contributed by atoms with Crippen LogP contribution in [0.2, 0.25) is 0 Å².